The molecule has 0 radical (unpaired) electrons. The standard InChI is InChI=1S/C11H16N2O3/c14-9-5-13(8-3-4-16-6-8)11(15)10(12-9)7-1-2-7/h7-8,10H,1-6H2,(H,12,14). The highest BCUT2D eigenvalue weighted by atomic mass is 16.5. The quantitative estimate of drug-likeness (QED) is 0.688. The summed E-state index contributed by atoms with van der Waals surface area (Å²) in [6.07, 6.45) is 2.98. The molecule has 1 N–H and O–H groups in total. The van der Waals surface area contributed by atoms with Crippen LogP contribution in [0.25, 0.3) is 0 Å². The summed E-state index contributed by atoms with van der Waals surface area (Å²) in [5.74, 6) is 0.447. The van der Waals surface area contributed by atoms with Gasteiger partial charge in [0.25, 0.3) is 0 Å². The minimum Gasteiger partial charge on any atom is -0.379 e. The largest absolute Gasteiger partial charge is 0.379 e. The molecular formula is C11H16N2O3. The van der Waals surface area contributed by atoms with Crippen molar-refractivity contribution in [3.63, 3.8) is 0 Å². The fourth-order valence-electron chi connectivity index (χ4n) is 2.52. The van der Waals surface area contributed by atoms with Crippen molar-refractivity contribution < 1.29 is 14.3 Å². The molecule has 5 nitrogen and oxygen atoms in total. The molecule has 0 spiro atoms. The molecule has 0 aromatic rings. The molecule has 2 aliphatic heterocycles. The van der Waals surface area contributed by atoms with E-state index >= 15 is 0 Å². The Hall–Kier alpha value is -1.10. The maximum absolute atomic E-state index is 12.2. The number of rotatable bonds is 2. The number of nitrogens with zero attached hydrogens (tertiary/aromatic N) is 1. The summed E-state index contributed by atoms with van der Waals surface area (Å²) in [6.45, 7) is 1.48. The molecule has 2 heterocycles. The van der Waals surface area contributed by atoms with Crippen LogP contribution in [-0.2, 0) is 14.3 Å². The number of nitrogens with one attached hydrogen (secondary N) is 1. The molecule has 3 aliphatic rings. The summed E-state index contributed by atoms with van der Waals surface area (Å²) in [5.41, 5.74) is 0. The van der Waals surface area contributed by atoms with Crippen molar-refractivity contribution in [3.8, 4) is 0 Å². The first-order valence-electron chi connectivity index (χ1n) is 5.93. The van der Waals surface area contributed by atoms with Crippen LogP contribution in [0.2, 0.25) is 0 Å². The van der Waals surface area contributed by atoms with Crippen molar-refractivity contribution in [2.45, 2.75) is 31.3 Å². The molecule has 2 unspecified atom stereocenters. The van der Waals surface area contributed by atoms with E-state index in [1.165, 1.54) is 0 Å². The number of hydrogen-bond acceptors (Lipinski definition) is 3. The van der Waals surface area contributed by atoms with Gasteiger partial charge in [-0.3, -0.25) is 9.59 Å². The Bertz CT molecular complexity index is 321. The fourth-order valence-corrected chi connectivity index (χ4v) is 2.52. The Kier molecular flexibility index (Phi) is 2.35. The summed E-state index contributed by atoms with van der Waals surface area (Å²) < 4.78 is 5.28. The third-order valence-corrected chi connectivity index (χ3v) is 3.62. The molecule has 0 aromatic carbocycles. The first kappa shape index (κ1) is 10.1. The predicted molar refractivity (Wildman–Crippen MR) is 55.6 cm³/mol. The lowest BCUT2D eigenvalue weighted by molar-refractivity contribution is -0.147. The number of ether oxygens (including phenoxy) is 1. The predicted octanol–water partition coefficient (Wildman–Crippen LogP) is -0.488. The highest BCUT2D eigenvalue weighted by Crippen LogP contribution is 2.35. The summed E-state index contributed by atoms with van der Waals surface area (Å²) in [4.78, 5) is 25.5. The normalized spacial score (nSPS) is 35.4. The van der Waals surface area contributed by atoms with Crippen molar-refractivity contribution in [3.05, 3.63) is 0 Å². The van der Waals surface area contributed by atoms with Gasteiger partial charge in [-0.15, -0.1) is 0 Å². The highest BCUT2D eigenvalue weighted by Gasteiger charge is 2.44. The van der Waals surface area contributed by atoms with Crippen LogP contribution in [-0.4, -0.2) is 48.6 Å². The van der Waals surface area contributed by atoms with E-state index in [0.717, 1.165) is 19.3 Å². The van der Waals surface area contributed by atoms with Crippen LogP contribution < -0.4 is 5.32 Å². The van der Waals surface area contributed by atoms with Crippen LogP contribution in [0.1, 0.15) is 19.3 Å². The second kappa shape index (κ2) is 3.73. The van der Waals surface area contributed by atoms with Crippen LogP contribution in [0, 0.1) is 5.92 Å². The second-order valence-corrected chi connectivity index (χ2v) is 4.87. The number of piperazine rings is 1. The Balaban J connectivity index is 1.75. The van der Waals surface area contributed by atoms with E-state index in [4.69, 9.17) is 4.74 Å². The minimum absolute atomic E-state index is 0.0246. The zero-order valence-corrected chi connectivity index (χ0v) is 9.15. The maximum Gasteiger partial charge on any atom is 0.246 e. The molecular weight excluding hydrogens is 208 g/mol. The molecule has 2 saturated heterocycles. The van der Waals surface area contributed by atoms with Gasteiger partial charge in [-0.05, 0) is 25.2 Å². The van der Waals surface area contributed by atoms with Crippen LogP contribution in [0.3, 0.4) is 0 Å². The third-order valence-electron chi connectivity index (χ3n) is 3.62. The number of hydrogen-bond donors (Lipinski definition) is 1. The Morgan fingerprint density at radius 2 is 2.06 bits per heavy atom. The third kappa shape index (κ3) is 1.69. The van der Waals surface area contributed by atoms with Gasteiger partial charge in [-0.2, -0.15) is 0 Å². The first-order valence-corrected chi connectivity index (χ1v) is 5.93. The van der Waals surface area contributed by atoms with Crippen molar-refractivity contribution in [2.75, 3.05) is 19.8 Å². The maximum atomic E-state index is 12.2. The topological polar surface area (TPSA) is 58.6 Å². The number of carbonyl (C=O) groups is 2. The van der Waals surface area contributed by atoms with Crippen molar-refractivity contribution >= 4 is 11.8 Å². The molecule has 2 amide bonds. The Labute approximate surface area is 94.1 Å². The van der Waals surface area contributed by atoms with E-state index in [1.807, 2.05) is 0 Å². The Morgan fingerprint density at radius 3 is 2.69 bits per heavy atom. The van der Waals surface area contributed by atoms with Gasteiger partial charge < -0.3 is 15.0 Å². The zero-order chi connectivity index (χ0) is 11.1. The summed E-state index contributed by atoms with van der Waals surface area (Å²) in [6, 6.07) is -0.151. The SMILES string of the molecule is O=C1CN(C2CCOC2)C(=O)C(C2CC2)N1. The Morgan fingerprint density at radius 1 is 1.25 bits per heavy atom. The van der Waals surface area contributed by atoms with Gasteiger partial charge in [-0.1, -0.05) is 0 Å². The van der Waals surface area contributed by atoms with E-state index in [-0.39, 0.29) is 30.4 Å². The van der Waals surface area contributed by atoms with Crippen molar-refractivity contribution in [2.24, 2.45) is 5.92 Å². The van der Waals surface area contributed by atoms with Gasteiger partial charge in [0.2, 0.25) is 11.8 Å². The van der Waals surface area contributed by atoms with E-state index < -0.39 is 0 Å². The van der Waals surface area contributed by atoms with Crippen LogP contribution >= 0.6 is 0 Å². The smallest absolute Gasteiger partial charge is 0.246 e. The van der Waals surface area contributed by atoms with Gasteiger partial charge in [0.15, 0.2) is 0 Å². The molecule has 16 heavy (non-hydrogen) atoms. The van der Waals surface area contributed by atoms with Gasteiger partial charge in [0.1, 0.15) is 6.04 Å². The second-order valence-electron chi connectivity index (χ2n) is 4.87. The van der Waals surface area contributed by atoms with Gasteiger partial charge in [-0.25, -0.2) is 0 Å². The molecule has 88 valence electrons. The van der Waals surface area contributed by atoms with Gasteiger partial charge >= 0.3 is 0 Å². The zero-order valence-electron chi connectivity index (χ0n) is 9.15. The monoisotopic (exact) mass is 224 g/mol. The van der Waals surface area contributed by atoms with Crippen LogP contribution in [0.15, 0.2) is 0 Å². The number of amides is 2. The summed E-state index contributed by atoms with van der Waals surface area (Å²) >= 11 is 0. The van der Waals surface area contributed by atoms with E-state index in [0.29, 0.717) is 19.1 Å². The lowest BCUT2D eigenvalue weighted by Gasteiger charge is -2.35. The van der Waals surface area contributed by atoms with E-state index in [1.54, 1.807) is 4.90 Å². The average molecular weight is 224 g/mol. The van der Waals surface area contributed by atoms with E-state index in [2.05, 4.69) is 5.32 Å². The molecule has 1 aliphatic carbocycles. The minimum atomic E-state index is -0.262. The summed E-state index contributed by atoms with van der Waals surface area (Å²) in [5, 5.41) is 2.81. The molecule has 0 aromatic heterocycles. The van der Waals surface area contributed by atoms with Gasteiger partial charge in [0.05, 0.1) is 19.2 Å². The lowest BCUT2D eigenvalue weighted by Crippen LogP contribution is -2.61. The molecule has 5 heteroatoms. The molecule has 3 fully saturated rings. The van der Waals surface area contributed by atoms with Crippen LogP contribution in [0.4, 0.5) is 0 Å². The summed E-state index contributed by atoms with van der Waals surface area (Å²) in [7, 11) is 0. The molecule has 0 bridgehead atoms. The van der Waals surface area contributed by atoms with E-state index in [9.17, 15) is 9.59 Å². The first-order chi connectivity index (χ1) is 7.75. The highest BCUT2D eigenvalue weighted by molar-refractivity contribution is 5.95. The average Bonchev–Trinajstić information content (AvgIpc) is 2.96. The van der Waals surface area contributed by atoms with Crippen molar-refractivity contribution in [1.29, 1.82) is 0 Å². The molecule has 3 rings (SSSR count). The van der Waals surface area contributed by atoms with Crippen LogP contribution in [0.5, 0.6) is 0 Å². The van der Waals surface area contributed by atoms with Crippen molar-refractivity contribution in [1.82, 2.24) is 10.2 Å². The fraction of sp³-hybridized carbons (Fsp3) is 0.818. The van der Waals surface area contributed by atoms with Gasteiger partial charge in [0, 0.05) is 6.61 Å². The number of carbonyl (C=O) groups excluding carboxylic acids is 2. The lowest BCUT2D eigenvalue weighted by atomic mass is 10.1. The molecule has 1 saturated carbocycles. The molecule has 2 atom stereocenters.